The molecule has 0 radical (unpaired) electrons. The number of aromatic amines is 1. The summed E-state index contributed by atoms with van der Waals surface area (Å²) in [6.07, 6.45) is 9.30. The third-order valence-electron chi connectivity index (χ3n) is 4.90. The van der Waals surface area contributed by atoms with Crippen LogP contribution in [0, 0.1) is 11.8 Å². The standard InChI is InChI=1S/C17H27N3O2/c21-17-9-16(18-13-19-17)8-15-11-20(6-7-22-12-15)10-14-4-2-1-3-5-14/h9,13-15H,1-8,10-12H2,(H,18,19,21)/t15-/m1/s1. The van der Waals surface area contributed by atoms with Gasteiger partial charge in [0.05, 0.1) is 19.5 Å². The number of ether oxygens (including phenoxy) is 1. The van der Waals surface area contributed by atoms with Gasteiger partial charge < -0.3 is 14.6 Å². The van der Waals surface area contributed by atoms with Gasteiger partial charge in [0.2, 0.25) is 0 Å². The second-order valence-corrected chi connectivity index (χ2v) is 6.81. The lowest BCUT2D eigenvalue weighted by molar-refractivity contribution is 0.120. The van der Waals surface area contributed by atoms with Crippen LogP contribution in [0.15, 0.2) is 17.2 Å². The second kappa shape index (κ2) is 7.88. The molecular formula is C17H27N3O2. The first-order valence-electron chi connectivity index (χ1n) is 8.63. The monoisotopic (exact) mass is 305 g/mol. The summed E-state index contributed by atoms with van der Waals surface area (Å²) in [5.41, 5.74) is 0.801. The topological polar surface area (TPSA) is 58.2 Å². The molecule has 22 heavy (non-hydrogen) atoms. The minimum Gasteiger partial charge on any atom is -0.380 e. The Bertz CT molecular complexity index is 511. The van der Waals surface area contributed by atoms with E-state index in [2.05, 4.69) is 14.9 Å². The zero-order valence-corrected chi connectivity index (χ0v) is 13.3. The van der Waals surface area contributed by atoms with Crippen LogP contribution in [-0.4, -0.2) is 47.7 Å². The first kappa shape index (κ1) is 15.7. The quantitative estimate of drug-likeness (QED) is 0.922. The molecular weight excluding hydrogens is 278 g/mol. The van der Waals surface area contributed by atoms with Crippen molar-refractivity contribution >= 4 is 0 Å². The van der Waals surface area contributed by atoms with Crippen molar-refractivity contribution in [2.75, 3.05) is 32.8 Å². The molecule has 0 spiro atoms. The lowest BCUT2D eigenvalue weighted by Gasteiger charge is -2.30. The van der Waals surface area contributed by atoms with E-state index in [1.54, 1.807) is 6.07 Å². The van der Waals surface area contributed by atoms with Crippen LogP contribution in [0.25, 0.3) is 0 Å². The summed E-state index contributed by atoms with van der Waals surface area (Å²) in [4.78, 5) is 20.8. The summed E-state index contributed by atoms with van der Waals surface area (Å²) >= 11 is 0. The summed E-state index contributed by atoms with van der Waals surface area (Å²) in [7, 11) is 0. The molecule has 1 saturated carbocycles. The van der Waals surface area contributed by atoms with Gasteiger partial charge in [0.25, 0.3) is 5.56 Å². The molecule has 0 amide bonds. The van der Waals surface area contributed by atoms with Crippen LogP contribution in [0.1, 0.15) is 37.8 Å². The molecule has 5 nitrogen and oxygen atoms in total. The Balaban J connectivity index is 1.56. The van der Waals surface area contributed by atoms with E-state index in [0.717, 1.165) is 44.3 Å². The molecule has 1 aromatic heterocycles. The molecule has 1 aliphatic heterocycles. The van der Waals surface area contributed by atoms with Gasteiger partial charge in [-0.25, -0.2) is 4.98 Å². The molecule has 122 valence electrons. The molecule has 3 rings (SSSR count). The van der Waals surface area contributed by atoms with Gasteiger partial charge in [0.15, 0.2) is 0 Å². The Kier molecular flexibility index (Phi) is 5.62. The van der Waals surface area contributed by atoms with Gasteiger partial charge >= 0.3 is 0 Å². The SMILES string of the molecule is O=c1cc(C[C@H]2COCCN(CC3CCCCC3)C2)nc[nH]1. The van der Waals surface area contributed by atoms with Crippen LogP contribution in [0.2, 0.25) is 0 Å². The number of nitrogens with zero attached hydrogens (tertiary/aromatic N) is 2. The third-order valence-corrected chi connectivity index (χ3v) is 4.90. The minimum atomic E-state index is -0.0707. The zero-order valence-electron chi connectivity index (χ0n) is 13.3. The molecule has 1 saturated heterocycles. The lowest BCUT2D eigenvalue weighted by Crippen LogP contribution is -2.35. The first-order chi connectivity index (χ1) is 10.8. The number of rotatable bonds is 4. The maximum absolute atomic E-state index is 11.4. The minimum absolute atomic E-state index is 0.0707. The fraction of sp³-hybridized carbons (Fsp3) is 0.765. The highest BCUT2D eigenvalue weighted by Gasteiger charge is 2.23. The Morgan fingerprint density at radius 1 is 1.27 bits per heavy atom. The smallest absolute Gasteiger partial charge is 0.250 e. The van der Waals surface area contributed by atoms with Gasteiger partial charge in [-0.05, 0) is 25.2 Å². The van der Waals surface area contributed by atoms with Crippen LogP contribution in [0.3, 0.4) is 0 Å². The van der Waals surface area contributed by atoms with Crippen molar-refractivity contribution in [3.63, 3.8) is 0 Å². The molecule has 0 bridgehead atoms. The number of nitrogens with one attached hydrogen (secondary N) is 1. The van der Waals surface area contributed by atoms with Crippen LogP contribution >= 0.6 is 0 Å². The largest absolute Gasteiger partial charge is 0.380 e. The Labute approximate surface area is 132 Å². The predicted molar refractivity (Wildman–Crippen MR) is 85.9 cm³/mol. The van der Waals surface area contributed by atoms with E-state index in [1.165, 1.54) is 45.0 Å². The van der Waals surface area contributed by atoms with Crippen molar-refractivity contribution in [2.45, 2.75) is 38.5 Å². The average Bonchev–Trinajstić information content (AvgIpc) is 2.73. The number of hydrogen-bond donors (Lipinski definition) is 1. The van der Waals surface area contributed by atoms with Crippen LogP contribution in [0.5, 0.6) is 0 Å². The van der Waals surface area contributed by atoms with Crippen molar-refractivity contribution in [2.24, 2.45) is 11.8 Å². The second-order valence-electron chi connectivity index (χ2n) is 6.81. The fourth-order valence-corrected chi connectivity index (χ4v) is 3.79. The molecule has 1 N–H and O–H groups in total. The normalized spacial score (nSPS) is 25.0. The van der Waals surface area contributed by atoms with Gasteiger partial charge in [-0.3, -0.25) is 4.79 Å². The van der Waals surface area contributed by atoms with E-state index in [0.29, 0.717) is 5.92 Å². The number of H-pyrrole nitrogens is 1. The summed E-state index contributed by atoms with van der Waals surface area (Å²) < 4.78 is 5.77. The van der Waals surface area contributed by atoms with Crippen LogP contribution in [-0.2, 0) is 11.2 Å². The lowest BCUT2D eigenvalue weighted by atomic mass is 9.88. The van der Waals surface area contributed by atoms with E-state index in [9.17, 15) is 4.79 Å². The number of aromatic nitrogens is 2. The first-order valence-corrected chi connectivity index (χ1v) is 8.63. The van der Waals surface area contributed by atoms with E-state index in [4.69, 9.17) is 4.74 Å². The van der Waals surface area contributed by atoms with E-state index in [1.807, 2.05) is 0 Å². The summed E-state index contributed by atoms with van der Waals surface area (Å²) in [5.74, 6) is 1.30. The molecule has 5 heteroatoms. The molecule has 1 atom stereocenters. The van der Waals surface area contributed by atoms with Gasteiger partial charge in [-0.2, -0.15) is 0 Å². The average molecular weight is 305 g/mol. The van der Waals surface area contributed by atoms with Gasteiger partial charge in [0, 0.05) is 37.3 Å². The van der Waals surface area contributed by atoms with E-state index < -0.39 is 0 Å². The third kappa shape index (κ3) is 4.65. The van der Waals surface area contributed by atoms with Crippen LogP contribution < -0.4 is 5.56 Å². The Morgan fingerprint density at radius 3 is 2.95 bits per heavy atom. The molecule has 1 aromatic rings. The summed E-state index contributed by atoms with van der Waals surface area (Å²) in [5, 5.41) is 0. The van der Waals surface area contributed by atoms with Gasteiger partial charge in [-0.15, -0.1) is 0 Å². The van der Waals surface area contributed by atoms with Crippen molar-refractivity contribution in [3.05, 3.63) is 28.4 Å². The fourth-order valence-electron chi connectivity index (χ4n) is 3.79. The van der Waals surface area contributed by atoms with Crippen molar-refractivity contribution in [3.8, 4) is 0 Å². The molecule has 2 heterocycles. The highest BCUT2D eigenvalue weighted by atomic mass is 16.5. The summed E-state index contributed by atoms with van der Waals surface area (Å²) in [6.45, 7) is 4.91. The highest BCUT2D eigenvalue weighted by molar-refractivity contribution is 5.00. The Morgan fingerprint density at radius 2 is 2.14 bits per heavy atom. The maximum atomic E-state index is 11.4. The Hall–Kier alpha value is -1.20. The molecule has 0 aromatic carbocycles. The van der Waals surface area contributed by atoms with Crippen molar-refractivity contribution < 1.29 is 4.74 Å². The molecule has 2 fully saturated rings. The number of hydrogen-bond acceptors (Lipinski definition) is 4. The van der Waals surface area contributed by atoms with E-state index in [-0.39, 0.29) is 5.56 Å². The maximum Gasteiger partial charge on any atom is 0.250 e. The molecule has 0 unspecified atom stereocenters. The zero-order chi connectivity index (χ0) is 15.2. The highest BCUT2D eigenvalue weighted by Crippen LogP contribution is 2.25. The predicted octanol–water partition coefficient (Wildman–Crippen LogP) is 1.84. The molecule has 2 aliphatic rings. The van der Waals surface area contributed by atoms with Crippen molar-refractivity contribution in [1.29, 1.82) is 0 Å². The molecule has 1 aliphatic carbocycles. The van der Waals surface area contributed by atoms with Crippen LogP contribution in [0.4, 0.5) is 0 Å². The summed E-state index contributed by atoms with van der Waals surface area (Å²) in [6, 6.07) is 1.61. The van der Waals surface area contributed by atoms with Gasteiger partial charge in [0.1, 0.15) is 0 Å². The van der Waals surface area contributed by atoms with Gasteiger partial charge in [-0.1, -0.05) is 19.3 Å². The van der Waals surface area contributed by atoms with E-state index >= 15 is 0 Å². The van der Waals surface area contributed by atoms with Crippen molar-refractivity contribution in [1.82, 2.24) is 14.9 Å².